The van der Waals surface area contributed by atoms with Gasteiger partial charge in [-0.05, 0) is 60.8 Å². The summed E-state index contributed by atoms with van der Waals surface area (Å²) in [4.78, 5) is 14.6. The summed E-state index contributed by atoms with van der Waals surface area (Å²) in [5.41, 5.74) is 6.36. The summed E-state index contributed by atoms with van der Waals surface area (Å²) < 4.78 is 15.0. The van der Waals surface area contributed by atoms with Crippen molar-refractivity contribution >= 4 is 22.7 Å². The van der Waals surface area contributed by atoms with Crippen molar-refractivity contribution in [3.8, 4) is 0 Å². The van der Waals surface area contributed by atoms with Crippen LogP contribution in [-0.4, -0.2) is 40.0 Å². The lowest BCUT2D eigenvalue weighted by atomic mass is 9.99. The largest absolute Gasteiger partial charge is 0.331 e. The fourth-order valence-corrected chi connectivity index (χ4v) is 5.36. The number of carbonyl (C=O) groups is 1. The number of likely N-dealkylation sites (tertiary alicyclic amines) is 1. The minimum absolute atomic E-state index is 0.0119. The van der Waals surface area contributed by atoms with Gasteiger partial charge in [0.25, 0.3) is 0 Å². The molecule has 1 aromatic carbocycles. The quantitative estimate of drug-likeness (QED) is 0.793. The van der Waals surface area contributed by atoms with E-state index in [0.717, 1.165) is 63.8 Å². The van der Waals surface area contributed by atoms with Crippen molar-refractivity contribution in [3.63, 3.8) is 0 Å². The zero-order valence-electron chi connectivity index (χ0n) is 14.5. The lowest BCUT2D eigenvalue weighted by Crippen LogP contribution is -2.55. The third-order valence-corrected chi connectivity index (χ3v) is 6.81. The molecular weight excluding hydrogens is 334 g/mol. The van der Waals surface area contributed by atoms with Crippen molar-refractivity contribution in [1.29, 1.82) is 0 Å². The molecule has 1 heterocycles. The highest BCUT2D eigenvalue weighted by atomic mass is 32.2. The van der Waals surface area contributed by atoms with Crippen LogP contribution in [0.5, 0.6) is 0 Å². The smallest absolute Gasteiger partial charge is 0.307 e. The number of amides is 2. The minimum atomic E-state index is -1.34. The molecule has 1 atom stereocenters. The number of urea groups is 1. The lowest BCUT2D eigenvalue weighted by molar-refractivity contribution is 0.209. The summed E-state index contributed by atoms with van der Waals surface area (Å²) in [6.07, 6.45) is 8.41. The molecule has 0 aromatic heterocycles. The van der Waals surface area contributed by atoms with Crippen molar-refractivity contribution in [2.24, 2.45) is 0 Å². The second kappa shape index (κ2) is 6.92. The Bertz CT molecular complexity index is 708. The molecule has 25 heavy (non-hydrogen) atoms. The summed E-state index contributed by atoms with van der Waals surface area (Å²) in [7, 11) is -1.34. The molecular formula is C19H25N3O2S. The van der Waals surface area contributed by atoms with E-state index in [-0.39, 0.29) is 11.3 Å². The van der Waals surface area contributed by atoms with Crippen LogP contribution in [0.15, 0.2) is 18.7 Å². The van der Waals surface area contributed by atoms with E-state index in [9.17, 15) is 9.00 Å². The van der Waals surface area contributed by atoms with Gasteiger partial charge >= 0.3 is 6.03 Å². The van der Waals surface area contributed by atoms with E-state index in [4.69, 9.17) is 0 Å². The predicted molar refractivity (Wildman–Crippen MR) is 101 cm³/mol. The van der Waals surface area contributed by atoms with Crippen LogP contribution in [0.3, 0.4) is 0 Å². The molecule has 6 heteroatoms. The Morgan fingerprint density at radius 2 is 1.84 bits per heavy atom. The van der Waals surface area contributed by atoms with E-state index in [1.54, 1.807) is 0 Å². The highest BCUT2D eigenvalue weighted by molar-refractivity contribution is 7.84. The molecule has 1 fully saturated rings. The van der Waals surface area contributed by atoms with Gasteiger partial charge in [0.2, 0.25) is 0 Å². The van der Waals surface area contributed by atoms with Crippen LogP contribution in [0.25, 0.3) is 0 Å². The van der Waals surface area contributed by atoms with E-state index in [2.05, 4.69) is 27.6 Å². The van der Waals surface area contributed by atoms with E-state index in [1.165, 1.54) is 22.3 Å². The monoisotopic (exact) mass is 359 g/mol. The minimum Gasteiger partial charge on any atom is -0.307 e. The molecule has 2 aliphatic carbocycles. The van der Waals surface area contributed by atoms with Crippen LogP contribution in [0.4, 0.5) is 10.5 Å². The van der Waals surface area contributed by atoms with Gasteiger partial charge in [-0.2, -0.15) is 0 Å². The van der Waals surface area contributed by atoms with Gasteiger partial charge in [-0.25, -0.2) is 9.00 Å². The van der Waals surface area contributed by atoms with Crippen LogP contribution in [0, 0.1) is 0 Å². The number of anilines is 1. The average Bonchev–Trinajstić information content (AvgIpc) is 3.18. The van der Waals surface area contributed by atoms with Crippen molar-refractivity contribution in [3.05, 3.63) is 41.0 Å². The van der Waals surface area contributed by atoms with Gasteiger partial charge in [0.1, 0.15) is 11.0 Å². The van der Waals surface area contributed by atoms with Crippen LogP contribution in [0.1, 0.15) is 35.1 Å². The first kappa shape index (κ1) is 16.8. The SMILES string of the molecule is C=CCN1CC(S(=O)NC(=O)Nc2c3c(cc4c2CCC4)CCC3)C1. The molecule has 2 amide bonds. The van der Waals surface area contributed by atoms with Gasteiger partial charge in [0.05, 0.1) is 5.25 Å². The molecule has 0 saturated carbocycles. The predicted octanol–water partition coefficient (Wildman–Crippen LogP) is 2.32. The number of rotatable bonds is 5. The molecule has 5 nitrogen and oxygen atoms in total. The average molecular weight is 359 g/mol. The molecule has 0 bridgehead atoms. The Morgan fingerprint density at radius 3 is 2.44 bits per heavy atom. The van der Waals surface area contributed by atoms with Gasteiger partial charge in [-0.15, -0.1) is 6.58 Å². The first-order chi connectivity index (χ1) is 12.2. The van der Waals surface area contributed by atoms with Crippen LogP contribution in [-0.2, 0) is 36.7 Å². The van der Waals surface area contributed by atoms with Gasteiger partial charge < -0.3 is 5.32 Å². The summed E-state index contributed by atoms with van der Waals surface area (Å²) in [5, 5.41) is 3.05. The number of hydrogen-bond acceptors (Lipinski definition) is 3. The Balaban J connectivity index is 1.42. The van der Waals surface area contributed by atoms with Crippen LogP contribution >= 0.6 is 0 Å². The van der Waals surface area contributed by atoms with Gasteiger partial charge in [0, 0.05) is 25.3 Å². The fourth-order valence-electron chi connectivity index (χ4n) is 4.27. The normalized spacial score (nSPS) is 20.5. The number of nitrogens with one attached hydrogen (secondary N) is 2. The van der Waals surface area contributed by atoms with E-state index in [0.29, 0.717) is 0 Å². The first-order valence-corrected chi connectivity index (χ1v) is 10.3. The lowest BCUT2D eigenvalue weighted by Gasteiger charge is -2.37. The summed E-state index contributed by atoms with van der Waals surface area (Å²) in [5.74, 6) is 0. The molecule has 1 aromatic rings. The van der Waals surface area contributed by atoms with E-state index in [1.807, 2.05) is 6.08 Å². The molecule has 1 unspecified atom stereocenters. The number of aryl methyl sites for hydroxylation is 2. The number of benzene rings is 1. The van der Waals surface area contributed by atoms with Gasteiger partial charge in [-0.3, -0.25) is 9.62 Å². The molecule has 1 saturated heterocycles. The van der Waals surface area contributed by atoms with Crippen molar-refractivity contribution in [1.82, 2.24) is 9.62 Å². The van der Waals surface area contributed by atoms with E-state index >= 15 is 0 Å². The Labute approximate surface area is 151 Å². The van der Waals surface area contributed by atoms with Gasteiger partial charge in [-0.1, -0.05) is 12.1 Å². The van der Waals surface area contributed by atoms with Crippen LogP contribution < -0.4 is 10.0 Å². The number of fused-ring (bicyclic) bond motifs is 2. The standard InChI is InChI=1S/C19H25N3O2S/c1-2-9-22-11-15(12-22)25(24)21-19(23)20-18-16-7-3-5-13(16)10-14-6-4-8-17(14)18/h2,10,15H,1,3-9,11-12H2,(H2,20,21,23). The second-order valence-corrected chi connectivity index (χ2v) is 8.68. The topological polar surface area (TPSA) is 61.4 Å². The molecule has 0 spiro atoms. The molecule has 134 valence electrons. The third-order valence-electron chi connectivity index (χ3n) is 5.52. The Hall–Kier alpha value is -1.66. The summed E-state index contributed by atoms with van der Waals surface area (Å²) in [6, 6.07) is 2.00. The van der Waals surface area contributed by atoms with Gasteiger partial charge in [0.15, 0.2) is 0 Å². The Kier molecular flexibility index (Phi) is 4.65. The fraction of sp³-hybridized carbons (Fsp3) is 0.526. The maximum Gasteiger partial charge on any atom is 0.331 e. The number of hydrogen-bond donors (Lipinski definition) is 2. The molecule has 1 aliphatic heterocycles. The van der Waals surface area contributed by atoms with Crippen LogP contribution in [0.2, 0.25) is 0 Å². The van der Waals surface area contributed by atoms with Crippen molar-refractivity contribution in [2.45, 2.75) is 43.8 Å². The first-order valence-electron chi connectivity index (χ1n) is 9.13. The highest BCUT2D eigenvalue weighted by Crippen LogP contribution is 2.38. The summed E-state index contributed by atoms with van der Waals surface area (Å²) >= 11 is 0. The highest BCUT2D eigenvalue weighted by Gasteiger charge is 2.32. The Morgan fingerprint density at radius 1 is 1.20 bits per heavy atom. The maximum atomic E-state index is 12.4. The zero-order valence-corrected chi connectivity index (χ0v) is 15.3. The van der Waals surface area contributed by atoms with E-state index < -0.39 is 11.0 Å². The molecule has 4 rings (SSSR count). The number of carbonyl (C=O) groups excluding carboxylic acids is 1. The molecule has 2 N–H and O–H groups in total. The second-order valence-electron chi connectivity index (χ2n) is 7.22. The maximum absolute atomic E-state index is 12.4. The zero-order chi connectivity index (χ0) is 17.4. The molecule has 0 radical (unpaired) electrons. The summed E-state index contributed by atoms with van der Waals surface area (Å²) in [6.45, 7) is 6.01. The van der Waals surface area contributed by atoms with Crippen molar-refractivity contribution in [2.75, 3.05) is 25.0 Å². The molecule has 3 aliphatic rings. The number of nitrogens with zero attached hydrogens (tertiary/aromatic N) is 1. The van der Waals surface area contributed by atoms with Crippen molar-refractivity contribution < 1.29 is 9.00 Å². The third kappa shape index (κ3) is 3.25.